The molecule has 2 atom stereocenters. The van der Waals surface area contributed by atoms with Crippen LogP contribution >= 0.6 is 11.3 Å². The molecule has 0 radical (unpaired) electrons. The van der Waals surface area contributed by atoms with E-state index in [2.05, 4.69) is 17.2 Å². The van der Waals surface area contributed by atoms with Crippen LogP contribution < -0.4 is 5.32 Å². The number of rotatable bonds is 6. The molecule has 0 bridgehead atoms. The quantitative estimate of drug-likeness (QED) is 0.785. The van der Waals surface area contributed by atoms with E-state index in [9.17, 15) is 5.11 Å². The molecule has 0 saturated heterocycles. The largest absolute Gasteiger partial charge is 0.393 e. The summed E-state index contributed by atoms with van der Waals surface area (Å²) in [6, 6.07) is 0.335. The number of nitrogens with zero attached hydrogens (tertiary/aromatic N) is 1. The van der Waals surface area contributed by atoms with Crippen LogP contribution in [0.5, 0.6) is 0 Å². The summed E-state index contributed by atoms with van der Waals surface area (Å²) in [4.78, 5) is 5.52. The number of nitrogens with one attached hydrogen (secondary N) is 1. The summed E-state index contributed by atoms with van der Waals surface area (Å²) in [5, 5.41) is 12.8. The molecule has 0 saturated carbocycles. The zero-order chi connectivity index (χ0) is 11.3. The van der Waals surface area contributed by atoms with Crippen LogP contribution in [-0.2, 0) is 0 Å². The van der Waals surface area contributed by atoms with Crippen molar-refractivity contribution in [1.82, 2.24) is 10.3 Å². The Hall–Kier alpha value is -0.450. The van der Waals surface area contributed by atoms with Gasteiger partial charge in [-0.1, -0.05) is 6.92 Å². The van der Waals surface area contributed by atoms with Gasteiger partial charge in [0.1, 0.15) is 0 Å². The number of aliphatic hydroxyl groups excluding tert-OH is 1. The zero-order valence-electron chi connectivity index (χ0n) is 9.66. The van der Waals surface area contributed by atoms with Crippen LogP contribution in [0.15, 0.2) is 5.51 Å². The SMILES string of the molecule is CCC(O)CCNC(C)c1scnc1C. The lowest BCUT2D eigenvalue weighted by Gasteiger charge is -2.14. The highest BCUT2D eigenvalue weighted by Gasteiger charge is 2.10. The molecule has 0 fully saturated rings. The molecule has 0 aromatic carbocycles. The van der Waals surface area contributed by atoms with Crippen molar-refractivity contribution in [3.05, 3.63) is 16.1 Å². The Balaban J connectivity index is 2.31. The zero-order valence-corrected chi connectivity index (χ0v) is 10.5. The normalized spacial score (nSPS) is 15.2. The minimum absolute atomic E-state index is 0.174. The molecule has 3 nitrogen and oxygen atoms in total. The lowest BCUT2D eigenvalue weighted by molar-refractivity contribution is 0.159. The Bertz CT molecular complexity index is 288. The Morgan fingerprint density at radius 2 is 2.33 bits per heavy atom. The number of aromatic nitrogens is 1. The van der Waals surface area contributed by atoms with Gasteiger partial charge in [-0.05, 0) is 33.2 Å². The molecule has 1 rings (SSSR count). The van der Waals surface area contributed by atoms with Crippen LogP contribution in [0.2, 0.25) is 0 Å². The molecule has 1 aromatic heterocycles. The molecular formula is C11H20N2OS. The van der Waals surface area contributed by atoms with E-state index in [1.165, 1.54) is 4.88 Å². The average Bonchev–Trinajstić information content (AvgIpc) is 2.64. The first kappa shape index (κ1) is 12.6. The third-order valence-electron chi connectivity index (χ3n) is 2.58. The van der Waals surface area contributed by atoms with Crippen molar-refractivity contribution >= 4 is 11.3 Å². The Morgan fingerprint density at radius 1 is 1.60 bits per heavy atom. The highest BCUT2D eigenvalue weighted by Crippen LogP contribution is 2.20. The van der Waals surface area contributed by atoms with E-state index in [0.717, 1.165) is 25.1 Å². The molecule has 0 aliphatic rings. The highest BCUT2D eigenvalue weighted by molar-refractivity contribution is 7.09. The molecule has 0 aliphatic heterocycles. The lowest BCUT2D eigenvalue weighted by Crippen LogP contribution is -2.23. The van der Waals surface area contributed by atoms with Gasteiger partial charge in [-0.2, -0.15) is 0 Å². The molecule has 15 heavy (non-hydrogen) atoms. The minimum atomic E-state index is -0.174. The maximum Gasteiger partial charge on any atom is 0.0798 e. The second-order valence-electron chi connectivity index (χ2n) is 3.83. The minimum Gasteiger partial charge on any atom is -0.393 e. The first-order valence-corrected chi connectivity index (χ1v) is 6.34. The van der Waals surface area contributed by atoms with Gasteiger partial charge >= 0.3 is 0 Å². The first-order chi connectivity index (χ1) is 7.15. The van der Waals surface area contributed by atoms with Gasteiger partial charge in [-0.3, -0.25) is 0 Å². The molecule has 1 aromatic rings. The average molecular weight is 228 g/mol. The van der Waals surface area contributed by atoms with Crippen LogP contribution in [0.4, 0.5) is 0 Å². The van der Waals surface area contributed by atoms with E-state index in [-0.39, 0.29) is 6.10 Å². The van der Waals surface area contributed by atoms with Gasteiger partial charge in [0.25, 0.3) is 0 Å². The predicted molar refractivity (Wildman–Crippen MR) is 64.2 cm³/mol. The fraction of sp³-hybridized carbons (Fsp3) is 0.727. The molecule has 0 aliphatic carbocycles. The van der Waals surface area contributed by atoms with E-state index in [1.54, 1.807) is 11.3 Å². The summed E-state index contributed by atoms with van der Waals surface area (Å²) in [6.45, 7) is 7.03. The van der Waals surface area contributed by atoms with Crippen molar-refractivity contribution in [2.45, 2.75) is 45.8 Å². The van der Waals surface area contributed by atoms with Crippen molar-refractivity contribution in [3.8, 4) is 0 Å². The highest BCUT2D eigenvalue weighted by atomic mass is 32.1. The molecule has 86 valence electrons. The van der Waals surface area contributed by atoms with Crippen LogP contribution in [0.3, 0.4) is 0 Å². The molecule has 4 heteroatoms. The number of hydrogen-bond acceptors (Lipinski definition) is 4. The van der Waals surface area contributed by atoms with E-state index in [4.69, 9.17) is 0 Å². The van der Waals surface area contributed by atoms with E-state index < -0.39 is 0 Å². The predicted octanol–water partition coefficient (Wildman–Crippen LogP) is 2.26. The lowest BCUT2D eigenvalue weighted by atomic mass is 10.2. The van der Waals surface area contributed by atoms with Crippen molar-refractivity contribution in [2.75, 3.05) is 6.54 Å². The van der Waals surface area contributed by atoms with Crippen molar-refractivity contribution in [1.29, 1.82) is 0 Å². The van der Waals surface area contributed by atoms with Crippen LogP contribution in [0.25, 0.3) is 0 Å². The first-order valence-electron chi connectivity index (χ1n) is 5.46. The summed E-state index contributed by atoms with van der Waals surface area (Å²) >= 11 is 1.69. The second-order valence-corrected chi connectivity index (χ2v) is 4.71. The molecule has 2 N–H and O–H groups in total. The van der Waals surface area contributed by atoms with Gasteiger partial charge in [0.05, 0.1) is 17.3 Å². The Morgan fingerprint density at radius 3 is 2.87 bits per heavy atom. The monoisotopic (exact) mass is 228 g/mol. The number of hydrogen-bond donors (Lipinski definition) is 2. The molecule has 1 heterocycles. The van der Waals surface area contributed by atoms with Crippen LogP contribution in [0, 0.1) is 6.92 Å². The van der Waals surface area contributed by atoms with Crippen molar-refractivity contribution in [2.24, 2.45) is 0 Å². The van der Waals surface area contributed by atoms with Crippen LogP contribution in [-0.4, -0.2) is 22.7 Å². The van der Waals surface area contributed by atoms with E-state index in [1.807, 2.05) is 19.4 Å². The van der Waals surface area contributed by atoms with Gasteiger partial charge in [0, 0.05) is 10.9 Å². The second kappa shape index (κ2) is 6.20. The van der Waals surface area contributed by atoms with E-state index in [0.29, 0.717) is 6.04 Å². The van der Waals surface area contributed by atoms with E-state index >= 15 is 0 Å². The fourth-order valence-corrected chi connectivity index (χ4v) is 2.32. The fourth-order valence-electron chi connectivity index (χ4n) is 1.49. The van der Waals surface area contributed by atoms with Gasteiger partial charge in [-0.15, -0.1) is 11.3 Å². The summed E-state index contributed by atoms with van der Waals surface area (Å²) < 4.78 is 0. The molecule has 2 unspecified atom stereocenters. The third kappa shape index (κ3) is 3.89. The van der Waals surface area contributed by atoms with Gasteiger partial charge in [0.15, 0.2) is 0 Å². The third-order valence-corrected chi connectivity index (χ3v) is 3.69. The van der Waals surface area contributed by atoms with Gasteiger partial charge < -0.3 is 10.4 Å². The summed E-state index contributed by atoms with van der Waals surface area (Å²) in [5.74, 6) is 0. The maximum atomic E-state index is 9.41. The standard InChI is InChI=1S/C11H20N2OS/c1-4-10(14)5-6-12-8(2)11-9(3)13-7-15-11/h7-8,10,12,14H,4-6H2,1-3H3. The number of thiazole rings is 1. The van der Waals surface area contributed by atoms with Gasteiger partial charge in [-0.25, -0.2) is 4.98 Å². The number of aryl methyl sites for hydroxylation is 1. The molecule has 0 spiro atoms. The van der Waals surface area contributed by atoms with Crippen molar-refractivity contribution < 1.29 is 5.11 Å². The summed E-state index contributed by atoms with van der Waals surface area (Å²) in [6.07, 6.45) is 1.47. The summed E-state index contributed by atoms with van der Waals surface area (Å²) in [5.41, 5.74) is 2.99. The molecule has 0 amide bonds. The van der Waals surface area contributed by atoms with Crippen molar-refractivity contribution in [3.63, 3.8) is 0 Å². The van der Waals surface area contributed by atoms with Gasteiger partial charge in [0.2, 0.25) is 0 Å². The Kier molecular flexibility index (Phi) is 5.22. The molecular weight excluding hydrogens is 208 g/mol. The maximum absolute atomic E-state index is 9.41. The smallest absolute Gasteiger partial charge is 0.0798 e. The van der Waals surface area contributed by atoms with Crippen LogP contribution in [0.1, 0.15) is 43.3 Å². The topological polar surface area (TPSA) is 45.1 Å². The summed E-state index contributed by atoms with van der Waals surface area (Å²) in [7, 11) is 0. The number of aliphatic hydroxyl groups is 1. The Labute approximate surface area is 95.6 Å².